The Bertz CT molecular complexity index is 741. The molecule has 0 unspecified atom stereocenters. The van der Waals surface area contributed by atoms with Crippen LogP contribution >= 0.6 is 0 Å². The predicted molar refractivity (Wildman–Crippen MR) is 88.5 cm³/mol. The maximum absolute atomic E-state index is 12.8. The molecule has 1 fully saturated rings. The van der Waals surface area contributed by atoms with Crippen molar-refractivity contribution in [3.63, 3.8) is 0 Å². The number of aromatic nitrogens is 3. The quantitative estimate of drug-likeness (QED) is 0.846. The van der Waals surface area contributed by atoms with Crippen LogP contribution in [0.2, 0.25) is 0 Å². The Morgan fingerprint density at radius 3 is 2.80 bits per heavy atom. The van der Waals surface area contributed by atoms with Crippen molar-refractivity contribution in [1.29, 1.82) is 0 Å². The first-order valence-corrected chi connectivity index (χ1v) is 7.93. The third-order valence-electron chi connectivity index (χ3n) is 4.25. The highest BCUT2D eigenvalue weighted by molar-refractivity contribution is 5.96. The van der Waals surface area contributed by atoms with Crippen molar-refractivity contribution in [2.75, 3.05) is 27.3 Å². The van der Waals surface area contributed by atoms with Crippen LogP contribution in [0.25, 0.3) is 0 Å². The molecule has 0 radical (unpaired) electrons. The van der Waals surface area contributed by atoms with Crippen LogP contribution in [0.5, 0.6) is 11.8 Å². The van der Waals surface area contributed by atoms with E-state index in [-0.39, 0.29) is 24.2 Å². The number of amides is 1. The van der Waals surface area contributed by atoms with Crippen LogP contribution in [-0.2, 0) is 6.42 Å². The van der Waals surface area contributed by atoms with Gasteiger partial charge in [0.1, 0.15) is 5.56 Å². The summed E-state index contributed by atoms with van der Waals surface area (Å²) >= 11 is 0. The standard InChI is InChI=1S/C17H20N4O4/c1-24-15-4-3-13(16(20-15)25-2)17(23)21-9-11(14(22)10-21)7-12-8-18-5-6-19-12/h3-6,8,11,14,22H,7,9-10H2,1-2H3/t11-,14-/m1/s1. The summed E-state index contributed by atoms with van der Waals surface area (Å²) in [6.45, 7) is 0.699. The molecule has 8 heteroatoms. The molecule has 1 saturated heterocycles. The SMILES string of the molecule is COc1ccc(C(=O)N2C[C@@H](Cc3cnccn3)[C@H](O)C2)c(OC)n1. The zero-order chi connectivity index (χ0) is 17.8. The lowest BCUT2D eigenvalue weighted by molar-refractivity contribution is 0.0760. The number of aliphatic hydroxyl groups excluding tert-OH is 1. The average molecular weight is 344 g/mol. The zero-order valence-electron chi connectivity index (χ0n) is 14.1. The molecule has 0 aliphatic carbocycles. The number of nitrogens with zero attached hydrogens (tertiary/aromatic N) is 4. The van der Waals surface area contributed by atoms with E-state index in [1.165, 1.54) is 14.2 Å². The molecule has 132 valence electrons. The zero-order valence-corrected chi connectivity index (χ0v) is 14.1. The average Bonchev–Trinajstić information content (AvgIpc) is 3.02. The second-order valence-electron chi connectivity index (χ2n) is 5.85. The number of ether oxygens (including phenoxy) is 2. The first-order chi connectivity index (χ1) is 12.1. The van der Waals surface area contributed by atoms with E-state index >= 15 is 0 Å². The number of methoxy groups -OCH3 is 2. The van der Waals surface area contributed by atoms with E-state index in [0.29, 0.717) is 24.4 Å². The molecular weight excluding hydrogens is 324 g/mol. The molecule has 2 aromatic rings. The normalized spacial score (nSPS) is 19.7. The third-order valence-corrected chi connectivity index (χ3v) is 4.25. The van der Waals surface area contributed by atoms with E-state index in [1.807, 2.05) is 0 Å². The van der Waals surface area contributed by atoms with E-state index in [2.05, 4.69) is 15.0 Å². The molecule has 1 N–H and O–H groups in total. The summed E-state index contributed by atoms with van der Waals surface area (Å²) in [7, 11) is 2.95. The fourth-order valence-corrected chi connectivity index (χ4v) is 2.95. The number of pyridine rings is 1. The minimum Gasteiger partial charge on any atom is -0.481 e. The topological polar surface area (TPSA) is 97.7 Å². The van der Waals surface area contributed by atoms with E-state index < -0.39 is 6.10 Å². The first-order valence-electron chi connectivity index (χ1n) is 7.93. The van der Waals surface area contributed by atoms with E-state index in [1.54, 1.807) is 35.6 Å². The van der Waals surface area contributed by atoms with Crippen molar-refractivity contribution >= 4 is 5.91 Å². The second kappa shape index (κ2) is 7.43. The van der Waals surface area contributed by atoms with Gasteiger partial charge in [0.05, 0.1) is 26.0 Å². The molecule has 1 aliphatic heterocycles. The Labute approximate surface area is 145 Å². The molecule has 2 aromatic heterocycles. The largest absolute Gasteiger partial charge is 0.481 e. The van der Waals surface area contributed by atoms with Gasteiger partial charge in [0.25, 0.3) is 5.91 Å². The van der Waals surface area contributed by atoms with Gasteiger partial charge < -0.3 is 19.5 Å². The van der Waals surface area contributed by atoms with Gasteiger partial charge in [-0.05, 0) is 12.5 Å². The number of hydrogen-bond acceptors (Lipinski definition) is 7. The minimum atomic E-state index is -0.608. The summed E-state index contributed by atoms with van der Waals surface area (Å²) < 4.78 is 10.2. The van der Waals surface area contributed by atoms with Crippen molar-refractivity contribution in [1.82, 2.24) is 19.9 Å². The van der Waals surface area contributed by atoms with Gasteiger partial charge in [-0.2, -0.15) is 4.98 Å². The number of aliphatic hydroxyl groups is 1. The monoisotopic (exact) mass is 344 g/mol. The first kappa shape index (κ1) is 17.1. The number of β-amino-alcohol motifs (C(OH)–C–C–N with tert-alkyl or cyclic N) is 1. The number of likely N-dealkylation sites (tertiary alicyclic amines) is 1. The summed E-state index contributed by atoms with van der Waals surface area (Å²) in [5.41, 5.74) is 1.14. The van der Waals surface area contributed by atoms with Crippen molar-refractivity contribution in [2.45, 2.75) is 12.5 Å². The van der Waals surface area contributed by atoms with Crippen molar-refractivity contribution in [2.24, 2.45) is 5.92 Å². The predicted octanol–water partition coefficient (Wildman–Crippen LogP) is 0.564. The summed E-state index contributed by atoms with van der Waals surface area (Å²) in [4.78, 5) is 26.8. The minimum absolute atomic E-state index is 0.0853. The van der Waals surface area contributed by atoms with Gasteiger partial charge in [0.15, 0.2) is 0 Å². The Morgan fingerprint density at radius 1 is 1.28 bits per heavy atom. The van der Waals surface area contributed by atoms with Crippen LogP contribution in [0.4, 0.5) is 0 Å². The maximum atomic E-state index is 12.8. The molecule has 0 saturated carbocycles. The Kier molecular flexibility index (Phi) is 5.08. The van der Waals surface area contributed by atoms with Gasteiger partial charge in [-0.25, -0.2) is 0 Å². The smallest absolute Gasteiger partial charge is 0.259 e. The fraction of sp³-hybridized carbons (Fsp3) is 0.412. The lowest BCUT2D eigenvalue weighted by atomic mass is 10.0. The summed E-state index contributed by atoms with van der Waals surface area (Å²) in [5, 5.41) is 10.3. The molecule has 3 heterocycles. The lowest BCUT2D eigenvalue weighted by Crippen LogP contribution is -2.30. The van der Waals surface area contributed by atoms with E-state index in [0.717, 1.165) is 5.69 Å². The highest BCUT2D eigenvalue weighted by Crippen LogP contribution is 2.26. The Morgan fingerprint density at radius 2 is 2.12 bits per heavy atom. The maximum Gasteiger partial charge on any atom is 0.259 e. The van der Waals surface area contributed by atoms with Crippen molar-refractivity contribution in [3.05, 3.63) is 42.0 Å². The molecule has 1 aliphatic rings. The molecule has 3 rings (SSSR count). The van der Waals surface area contributed by atoms with E-state index in [4.69, 9.17) is 9.47 Å². The van der Waals surface area contributed by atoms with Crippen LogP contribution in [0.3, 0.4) is 0 Å². The van der Waals surface area contributed by atoms with Crippen LogP contribution < -0.4 is 9.47 Å². The second-order valence-corrected chi connectivity index (χ2v) is 5.85. The van der Waals surface area contributed by atoms with Gasteiger partial charge in [0.2, 0.25) is 11.8 Å². The summed E-state index contributed by atoms with van der Waals surface area (Å²) in [5.74, 6) is 0.261. The molecule has 25 heavy (non-hydrogen) atoms. The molecule has 1 amide bonds. The summed E-state index contributed by atoms with van der Waals surface area (Å²) in [6, 6.07) is 3.23. The van der Waals surface area contributed by atoms with Crippen molar-refractivity contribution in [3.8, 4) is 11.8 Å². The number of hydrogen-bond donors (Lipinski definition) is 1. The number of carbonyl (C=O) groups excluding carboxylic acids is 1. The molecule has 0 aromatic carbocycles. The number of carbonyl (C=O) groups is 1. The molecule has 8 nitrogen and oxygen atoms in total. The van der Waals surface area contributed by atoms with Gasteiger partial charge in [-0.3, -0.25) is 14.8 Å². The van der Waals surface area contributed by atoms with Gasteiger partial charge >= 0.3 is 0 Å². The molecular formula is C17H20N4O4. The van der Waals surface area contributed by atoms with E-state index in [9.17, 15) is 9.90 Å². The van der Waals surface area contributed by atoms with Crippen LogP contribution in [0.1, 0.15) is 16.1 Å². The fourth-order valence-electron chi connectivity index (χ4n) is 2.95. The molecule has 0 bridgehead atoms. The third kappa shape index (κ3) is 3.69. The highest BCUT2D eigenvalue weighted by atomic mass is 16.5. The summed E-state index contributed by atoms with van der Waals surface area (Å²) in [6.07, 6.45) is 4.86. The van der Waals surface area contributed by atoms with Crippen molar-refractivity contribution < 1.29 is 19.4 Å². The van der Waals surface area contributed by atoms with Gasteiger partial charge in [0, 0.05) is 43.7 Å². The lowest BCUT2D eigenvalue weighted by Gasteiger charge is -2.17. The van der Waals surface area contributed by atoms with Crippen LogP contribution in [0, 0.1) is 5.92 Å². The highest BCUT2D eigenvalue weighted by Gasteiger charge is 2.35. The number of rotatable bonds is 5. The van der Waals surface area contributed by atoms with Gasteiger partial charge in [-0.1, -0.05) is 0 Å². The van der Waals surface area contributed by atoms with Crippen LogP contribution in [-0.4, -0.2) is 64.3 Å². The Balaban J connectivity index is 1.73. The van der Waals surface area contributed by atoms with Crippen LogP contribution in [0.15, 0.2) is 30.7 Å². The molecule has 0 spiro atoms. The van der Waals surface area contributed by atoms with Gasteiger partial charge in [-0.15, -0.1) is 0 Å². The molecule has 2 atom stereocenters. The Hall–Kier alpha value is -2.74.